The van der Waals surface area contributed by atoms with E-state index in [-0.39, 0.29) is 0 Å². The summed E-state index contributed by atoms with van der Waals surface area (Å²) >= 11 is 3.72. The maximum atomic E-state index is 7.37. The molecule has 1 fully saturated rings. The fourth-order valence-electron chi connectivity index (χ4n) is 0.990. The Labute approximate surface area is 70.9 Å². The summed E-state index contributed by atoms with van der Waals surface area (Å²) in [5.74, 6) is 4.45. The van der Waals surface area contributed by atoms with Gasteiger partial charge < -0.3 is 0 Å². The second-order valence-corrected chi connectivity index (χ2v) is 4.90. The van der Waals surface area contributed by atoms with Crippen molar-refractivity contribution in [2.45, 2.75) is 13.3 Å². The van der Waals surface area contributed by atoms with Gasteiger partial charge in [-0.2, -0.15) is 11.8 Å². The first kappa shape index (κ1) is 8.47. The number of rotatable bonds is 3. The standard InChI is InChI=1S/C7H13NS2/c1-2-9-4-6-3-7(8)10-5-6/h6,8H,2-5H2,1H3. The molecular formula is C7H13NS2. The lowest BCUT2D eigenvalue weighted by Crippen LogP contribution is -2.01. The quantitative estimate of drug-likeness (QED) is 0.712. The minimum absolute atomic E-state index is 0.794. The zero-order valence-electron chi connectivity index (χ0n) is 6.22. The van der Waals surface area contributed by atoms with Gasteiger partial charge in [0.15, 0.2) is 0 Å². The van der Waals surface area contributed by atoms with E-state index in [1.54, 1.807) is 11.8 Å². The average Bonchev–Trinajstić information content (AvgIpc) is 2.31. The van der Waals surface area contributed by atoms with Crippen molar-refractivity contribution in [3.63, 3.8) is 0 Å². The Morgan fingerprint density at radius 3 is 3.10 bits per heavy atom. The third-order valence-corrected chi connectivity index (χ3v) is 3.79. The van der Waals surface area contributed by atoms with Gasteiger partial charge in [0.1, 0.15) is 0 Å². The molecule has 10 heavy (non-hydrogen) atoms. The molecule has 58 valence electrons. The molecule has 1 aliphatic rings. The zero-order chi connectivity index (χ0) is 7.40. The average molecular weight is 175 g/mol. The summed E-state index contributed by atoms with van der Waals surface area (Å²) in [4.78, 5) is 0. The molecule has 0 amide bonds. The van der Waals surface area contributed by atoms with E-state index in [2.05, 4.69) is 6.92 Å². The Kier molecular flexibility index (Phi) is 3.63. The highest BCUT2D eigenvalue weighted by Crippen LogP contribution is 2.27. The van der Waals surface area contributed by atoms with Crippen molar-refractivity contribution < 1.29 is 0 Å². The van der Waals surface area contributed by atoms with Crippen molar-refractivity contribution in [2.75, 3.05) is 17.3 Å². The van der Waals surface area contributed by atoms with Gasteiger partial charge in [-0.05, 0) is 23.8 Å². The molecule has 0 spiro atoms. The van der Waals surface area contributed by atoms with Crippen LogP contribution in [0, 0.1) is 11.3 Å². The lowest BCUT2D eigenvalue weighted by molar-refractivity contribution is 0.727. The van der Waals surface area contributed by atoms with Crippen LogP contribution in [0.5, 0.6) is 0 Å². The van der Waals surface area contributed by atoms with Crippen LogP contribution in [0.2, 0.25) is 0 Å². The Morgan fingerprint density at radius 2 is 2.60 bits per heavy atom. The molecule has 1 heterocycles. The van der Waals surface area contributed by atoms with E-state index in [4.69, 9.17) is 5.41 Å². The van der Waals surface area contributed by atoms with Crippen molar-refractivity contribution >= 4 is 28.6 Å². The Balaban J connectivity index is 2.12. The van der Waals surface area contributed by atoms with E-state index >= 15 is 0 Å². The Morgan fingerprint density at radius 1 is 1.80 bits per heavy atom. The molecule has 0 aromatic carbocycles. The summed E-state index contributed by atoms with van der Waals surface area (Å²) in [5.41, 5.74) is 0. The summed E-state index contributed by atoms with van der Waals surface area (Å²) in [7, 11) is 0. The van der Waals surface area contributed by atoms with E-state index in [0.29, 0.717) is 0 Å². The summed E-state index contributed by atoms with van der Waals surface area (Å²) in [6.45, 7) is 2.19. The molecule has 1 unspecified atom stereocenters. The molecule has 0 radical (unpaired) electrons. The molecular weight excluding hydrogens is 162 g/mol. The highest BCUT2D eigenvalue weighted by atomic mass is 32.2. The third kappa shape index (κ3) is 2.54. The molecule has 1 nitrogen and oxygen atoms in total. The number of nitrogens with one attached hydrogen (secondary N) is 1. The number of hydrogen-bond acceptors (Lipinski definition) is 3. The molecule has 1 aliphatic heterocycles. The molecule has 3 heteroatoms. The third-order valence-electron chi connectivity index (χ3n) is 1.53. The molecule has 1 saturated heterocycles. The van der Waals surface area contributed by atoms with Gasteiger partial charge in [-0.3, -0.25) is 5.41 Å². The molecule has 0 aromatic rings. The summed E-state index contributed by atoms with van der Waals surface area (Å²) in [5, 5.41) is 8.26. The maximum absolute atomic E-state index is 7.37. The van der Waals surface area contributed by atoms with Gasteiger partial charge in [-0.25, -0.2) is 0 Å². The highest BCUT2D eigenvalue weighted by Gasteiger charge is 2.19. The first-order valence-electron chi connectivity index (χ1n) is 3.61. The number of hydrogen-bond donors (Lipinski definition) is 1. The zero-order valence-corrected chi connectivity index (χ0v) is 7.86. The highest BCUT2D eigenvalue weighted by molar-refractivity contribution is 8.14. The van der Waals surface area contributed by atoms with Crippen molar-refractivity contribution in [2.24, 2.45) is 5.92 Å². The van der Waals surface area contributed by atoms with E-state index in [9.17, 15) is 0 Å². The predicted molar refractivity (Wildman–Crippen MR) is 51.3 cm³/mol. The van der Waals surface area contributed by atoms with E-state index in [1.165, 1.54) is 17.3 Å². The van der Waals surface area contributed by atoms with Crippen molar-refractivity contribution in [3.05, 3.63) is 0 Å². The molecule has 0 aliphatic carbocycles. The molecule has 0 saturated carbocycles. The fourth-order valence-corrected chi connectivity index (χ4v) is 2.97. The van der Waals surface area contributed by atoms with Crippen LogP contribution in [-0.4, -0.2) is 22.3 Å². The lowest BCUT2D eigenvalue weighted by Gasteiger charge is -2.03. The van der Waals surface area contributed by atoms with Crippen LogP contribution in [0.4, 0.5) is 0 Å². The number of thioether (sulfide) groups is 2. The second kappa shape index (κ2) is 4.29. The minimum atomic E-state index is 0.794. The normalized spacial score (nSPS) is 25.7. The van der Waals surface area contributed by atoms with Crippen LogP contribution in [-0.2, 0) is 0 Å². The van der Waals surface area contributed by atoms with E-state index in [1.807, 2.05) is 11.8 Å². The van der Waals surface area contributed by atoms with Crippen molar-refractivity contribution in [1.29, 1.82) is 5.41 Å². The van der Waals surface area contributed by atoms with Crippen molar-refractivity contribution in [3.8, 4) is 0 Å². The fraction of sp³-hybridized carbons (Fsp3) is 0.857. The summed E-state index contributed by atoms with van der Waals surface area (Å²) in [6.07, 6.45) is 1.04. The van der Waals surface area contributed by atoms with Gasteiger partial charge >= 0.3 is 0 Å². The van der Waals surface area contributed by atoms with Crippen LogP contribution in [0.15, 0.2) is 0 Å². The van der Waals surface area contributed by atoms with Gasteiger partial charge in [0.25, 0.3) is 0 Å². The second-order valence-electron chi connectivity index (χ2n) is 2.46. The molecule has 0 bridgehead atoms. The Bertz CT molecular complexity index is 125. The van der Waals surface area contributed by atoms with Crippen molar-refractivity contribution in [1.82, 2.24) is 0 Å². The van der Waals surface area contributed by atoms with E-state index in [0.717, 1.165) is 17.4 Å². The first-order valence-corrected chi connectivity index (χ1v) is 5.75. The van der Waals surface area contributed by atoms with Gasteiger partial charge in [0, 0.05) is 5.75 Å². The van der Waals surface area contributed by atoms with Gasteiger partial charge in [-0.15, -0.1) is 11.8 Å². The molecule has 1 rings (SSSR count). The topological polar surface area (TPSA) is 23.9 Å². The smallest absolute Gasteiger partial charge is 0.0644 e. The summed E-state index contributed by atoms with van der Waals surface area (Å²) < 4.78 is 0. The SMILES string of the molecule is CCSCC1CSC(=N)C1. The largest absolute Gasteiger partial charge is 0.298 e. The molecule has 1 N–H and O–H groups in total. The molecule has 1 atom stereocenters. The molecule has 0 aromatic heterocycles. The first-order chi connectivity index (χ1) is 4.83. The van der Waals surface area contributed by atoms with Crippen LogP contribution < -0.4 is 0 Å². The van der Waals surface area contributed by atoms with Crippen LogP contribution in [0.25, 0.3) is 0 Å². The summed E-state index contributed by atoms with van der Waals surface area (Å²) in [6, 6.07) is 0. The van der Waals surface area contributed by atoms with Gasteiger partial charge in [0.05, 0.1) is 5.04 Å². The minimum Gasteiger partial charge on any atom is -0.298 e. The van der Waals surface area contributed by atoms with Crippen LogP contribution in [0.1, 0.15) is 13.3 Å². The Hall–Kier alpha value is 0.370. The predicted octanol–water partition coefficient (Wildman–Crippen LogP) is 2.47. The maximum Gasteiger partial charge on any atom is 0.0644 e. The van der Waals surface area contributed by atoms with Crippen LogP contribution in [0.3, 0.4) is 0 Å². The van der Waals surface area contributed by atoms with Gasteiger partial charge in [0.2, 0.25) is 0 Å². The van der Waals surface area contributed by atoms with E-state index < -0.39 is 0 Å². The van der Waals surface area contributed by atoms with Crippen LogP contribution >= 0.6 is 23.5 Å². The lowest BCUT2D eigenvalue weighted by atomic mass is 10.1. The monoisotopic (exact) mass is 175 g/mol. The van der Waals surface area contributed by atoms with Gasteiger partial charge in [-0.1, -0.05) is 6.92 Å².